The number of rotatable bonds is 4. The van der Waals surface area contributed by atoms with Crippen LogP contribution >= 0.6 is 0 Å². The van der Waals surface area contributed by atoms with Gasteiger partial charge in [-0.25, -0.2) is 0 Å². The van der Waals surface area contributed by atoms with Crippen molar-refractivity contribution >= 4 is 17.5 Å². The van der Waals surface area contributed by atoms with Crippen LogP contribution in [0.3, 0.4) is 0 Å². The van der Waals surface area contributed by atoms with E-state index in [1.54, 1.807) is 7.05 Å². The smallest absolute Gasteiger partial charge is 0.243 e. The molecule has 2 amide bonds. The minimum atomic E-state index is -0.144. The van der Waals surface area contributed by atoms with Crippen molar-refractivity contribution in [2.24, 2.45) is 11.8 Å². The standard InChI is InChI=1S/C17H24N2O2/c1-10-6-12(3)16(13(4)7-10)18-15(20)9-19(5)17(21)14-8-11(14)2/h6-7,11,14H,8-9H2,1-5H3,(H,18,20)/t11-,14+/m0/s1. The van der Waals surface area contributed by atoms with Crippen LogP contribution in [0.2, 0.25) is 0 Å². The number of hydrogen-bond acceptors (Lipinski definition) is 2. The van der Waals surface area contributed by atoms with E-state index in [1.807, 2.05) is 32.9 Å². The molecule has 1 aromatic carbocycles. The first kappa shape index (κ1) is 15.5. The van der Waals surface area contributed by atoms with Crippen molar-refractivity contribution in [1.29, 1.82) is 0 Å². The summed E-state index contributed by atoms with van der Waals surface area (Å²) in [6, 6.07) is 4.09. The number of carbonyl (C=O) groups is 2. The predicted molar refractivity (Wildman–Crippen MR) is 84.2 cm³/mol. The zero-order valence-electron chi connectivity index (χ0n) is 13.5. The maximum absolute atomic E-state index is 12.1. The predicted octanol–water partition coefficient (Wildman–Crippen LogP) is 2.66. The van der Waals surface area contributed by atoms with Gasteiger partial charge in [-0.15, -0.1) is 0 Å². The Labute approximate surface area is 126 Å². The highest BCUT2D eigenvalue weighted by atomic mass is 16.2. The Morgan fingerprint density at radius 1 is 1.24 bits per heavy atom. The summed E-state index contributed by atoms with van der Waals surface area (Å²) in [4.78, 5) is 25.7. The van der Waals surface area contributed by atoms with Crippen LogP contribution in [0.1, 0.15) is 30.0 Å². The largest absolute Gasteiger partial charge is 0.336 e. The number of aryl methyl sites for hydroxylation is 3. The Morgan fingerprint density at radius 3 is 2.24 bits per heavy atom. The first-order valence-corrected chi connectivity index (χ1v) is 7.42. The molecule has 0 aromatic heterocycles. The SMILES string of the molecule is Cc1cc(C)c(NC(=O)CN(C)C(=O)[C@@H]2C[C@@H]2C)c(C)c1. The van der Waals surface area contributed by atoms with Crippen molar-refractivity contribution in [3.8, 4) is 0 Å². The topological polar surface area (TPSA) is 49.4 Å². The summed E-state index contributed by atoms with van der Waals surface area (Å²) in [5.74, 6) is 0.513. The molecule has 1 N–H and O–H groups in total. The lowest BCUT2D eigenvalue weighted by atomic mass is 10.1. The maximum Gasteiger partial charge on any atom is 0.243 e. The summed E-state index contributed by atoms with van der Waals surface area (Å²) in [5.41, 5.74) is 4.13. The molecule has 21 heavy (non-hydrogen) atoms. The molecule has 1 aromatic rings. The van der Waals surface area contributed by atoms with Crippen molar-refractivity contribution < 1.29 is 9.59 Å². The molecule has 0 heterocycles. The van der Waals surface area contributed by atoms with Crippen LogP contribution in [0.25, 0.3) is 0 Å². The molecule has 1 saturated carbocycles. The lowest BCUT2D eigenvalue weighted by molar-refractivity contribution is -0.134. The van der Waals surface area contributed by atoms with Gasteiger partial charge in [0.1, 0.15) is 0 Å². The number of hydrogen-bond donors (Lipinski definition) is 1. The van der Waals surface area contributed by atoms with E-state index in [1.165, 1.54) is 10.5 Å². The molecule has 114 valence electrons. The van der Waals surface area contributed by atoms with Crippen molar-refractivity contribution in [3.63, 3.8) is 0 Å². The Kier molecular flexibility index (Phi) is 4.35. The van der Waals surface area contributed by atoms with Gasteiger partial charge in [-0.1, -0.05) is 24.6 Å². The molecule has 4 heteroatoms. The summed E-state index contributed by atoms with van der Waals surface area (Å²) >= 11 is 0. The van der Waals surface area contributed by atoms with Gasteiger partial charge >= 0.3 is 0 Å². The molecule has 0 bridgehead atoms. The maximum atomic E-state index is 12.1. The van der Waals surface area contributed by atoms with Crippen LogP contribution in [-0.4, -0.2) is 30.3 Å². The summed E-state index contributed by atoms with van der Waals surface area (Å²) in [6.45, 7) is 8.17. The highest BCUT2D eigenvalue weighted by molar-refractivity contribution is 5.96. The van der Waals surface area contributed by atoms with Crippen molar-refractivity contribution in [2.45, 2.75) is 34.1 Å². The molecule has 0 unspecified atom stereocenters. The van der Waals surface area contributed by atoms with Gasteiger partial charge in [-0.05, 0) is 44.2 Å². The number of anilines is 1. The number of benzene rings is 1. The van der Waals surface area contributed by atoms with Crippen LogP contribution < -0.4 is 5.32 Å². The molecule has 0 spiro atoms. The van der Waals surface area contributed by atoms with E-state index in [4.69, 9.17) is 0 Å². The van der Waals surface area contributed by atoms with Gasteiger partial charge in [0.25, 0.3) is 0 Å². The molecular formula is C17H24N2O2. The van der Waals surface area contributed by atoms with Crippen LogP contribution in [0.4, 0.5) is 5.69 Å². The Hall–Kier alpha value is -1.84. The number of nitrogens with zero attached hydrogens (tertiary/aromatic N) is 1. The van der Waals surface area contributed by atoms with E-state index in [2.05, 4.69) is 12.2 Å². The highest BCUT2D eigenvalue weighted by Crippen LogP contribution is 2.38. The summed E-state index contributed by atoms with van der Waals surface area (Å²) < 4.78 is 0. The van der Waals surface area contributed by atoms with Crippen LogP contribution in [0, 0.1) is 32.6 Å². The quantitative estimate of drug-likeness (QED) is 0.926. The Balaban J connectivity index is 1.97. The normalized spacial score (nSPS) is 20.0. The number of amides is 2. The van der Waals surface area contributed by atoms with Gasteiger partial charge in [-0.2, -0.15) is 0 Å². The van der Waals surface area contributed by atoms with Gasteiger partial charge in [0, 0.05) is 18.7 Å². The molecular weight excluding hydrogens is 264 g/mol. The zero-order chi connectivity index (χ0) is 15.7. The zero-order valence-corrected chi connectivity index (χ0v) is 13.5. The number of carbonyl (C=O) groups excluding carboxylic acids is 2. The molecule has 2 rings (SSSR count). The van der Waals surface area contributed by atoms with Gasteiger partial charge in [0.05, 0.1) is 6.54 Å². The minimum absolute atomic E-state index is 0.0787. The molecule has 1 aliphatic carbocycles. The van der Waals surface area contributed by atoms with Crippen molar-refractivity contribution in [2.75, 3.05) is 18.9 Å². The fraction of sp³-hybridized carbons (Fsp3) is 0.529. The Bertz CT molecular complexity index is 557. The molecule has 0 radical (unpaired) electrons. The lowest BCUT2D eigenvalue weighted by Crippen LogP contribution is -2.36. The van der Waals surface area contributed by atoms with E-state index in [0.29, 0.717) is 5.92 Å². The van der Waals surface area contributed by atoms with E-state index in [0.717, 1.165) is 23.2 Å². The average molecular weight is 288 g/mol. The van der Waals surface area contributed by atoms with Gasteiger partial charge < -0.3 is 10.2 Å². The van der Waals surface area contributed by atoms with E-state index in [-0.39, 0.29) is 24.3 Å². The molecule has 0 saturated heterocycles. The van der Waals surface area contributed by atoms with Gasteiger partial charge in [0.15, 0.2) is 0 Å². The third kappa shape index (κ3) is 3.63. The molecule has 1 fully saturated rings. The van der Waals surface area contributed by atoms with Crippen molar-refractivity contribution in [3.05, 3.63) is 28.8 Å². The molecule has 1 aliphatic rings. The lowest BCUT2D eigenvalue weighted by Gasteiger charge is -2.18. The molecule has 0 aliphatic heterocycles. The second kappa shape index (κ2) is 5.88. The Morgan fingerprint density at radius 2 is 1.76 bits per heavy atom. The first-order valence-electron chi connectivity index (χ1n) is 7.42. The summed E-state index contributed by atoms with van der Waals surface area (Å²) in [5, 5.41) is 2.93. The van der Waals surface area contributed by atoms with E-state index >= 15 is 0 Å². The van der Waals surface area contributed by atoms with Crippen LogP contribution in [0.5, 0.6) is 0 Å². The highest BCUT2D eigenvalue weighted by Gasteiger charge is 2.40. The average Bonchev–Trinajstić information content (AvgIpc) is 3.09. The first-order chi connectivity index (χ1) is 9.79. The minimum Gasteiger partial charge on any atom is -0.336 e. The number of nitrogens with one attached hydrogen (secondary N) is 1. The molecule has 2 atom stereocenters. The second-order valence-electron chi connectivity index (χ2n) is 6.34. The molecule has 4 nitrogen and oxygen atoms in total. The van der Waals surface area contributed by atoms with Crippen LogP contribution in [-0.2, 0) is 9.59 Å². The second-order valence-corrected chi connectivity index (χ2v) is 6.34. The number of likely N-dealkylation sites (N-methyl/N-ethyl adjacent to an activating group) is 1. The van der Waals surface area contributed by atoms with Crippen molar-refractivity contribution in [1.82, 2.24) is 4.90 Å². The fourth-order valence-corrected chi connectivity index (χ4v) is 2.80. The van der Waals surface area contributed by atoms with Gasteiger partial charge in [0.2, 0.25) is 11.8 Å². The summed E-state index contributed by atoms with van der Waals surface area (Å²) in [7, 11) is 1.70. The third-order valence-corrected chi connectivity index (χ3v) is 4.13. The van der Waals surface area contributed by atoms with E-state index in [9.17, 15) is 9.59 Å². The monoisotopic (exact) mass is 288 g/mol. The third-order valence-electron chi connectivity index (χ3n) is 4.13. The van der Waals surface area contributed by atoms with Gasteiger partial charge in [-0.3, -0.25) is 9.59 Å². The van der Waals surface area contributed by atoms with E-state index < -0.39 is 0 Å². The van der Waals surface area contributed by atoms with Crippen LogP contribution in [0.15, 0.2) is 12.1 Å². The summed E-state index contributed by atoms with van der Waals surface area (Å²) in [6.07, 6.45) is 0.945. The fourth-order valence-electron chi connectivity index (χ4n) is 2.80.